The van der Waals surface area contributed by atoms with Crippen LogP contribution >= 0.6 is 15.9 Å². The van der Waals surface area contributed by atoms with Crippen molar-refractivity contribution in [1.82, 2.24) is 5.32 Å². The summed E-state index contributed by atoms with van der Waals surface area (Å²) >= 11 is 3.60. The van der Waals surface area contributed by atoms with Gasteiger partial charge in [-0.1, -0.05) is 40.2 Å². The van der Waals surface area contributed by atoms with Crippen molar-refractivity contribution >= 4 is 21.6 Å². The van der Waals surface area contributed by atoms with Gasteiger partial charge >= 0.3 is 0 Å². The second-order valence-electron chi connectivity index (χ2n) is 5.90. The van der Waals surface area contributed by atoms with Crippen LogP contribution in [0.25, 0.3) is 0 Å². The molecule has 0 saturated carbocycles. The normalized spacial score (nSPS) is 20.8. The van der Waals surface area contributed by atoms with E-state index in [0.29, 0.717) is 6.04 Å². The Labute approximate surface area is 134 Å². The molecule has 0 aromatic heterocycles. The maximum absolute atomic E-state index is 3.60. The molecule has 0 saturated heterocycles. The van der Waals surface area contributed by atoms with Gasteiger partial charge in [0.1, 0.15) is 0 Å². The minimum absolute atomic E-state index is 0.522. The van der Waals surface area contributed by atoms with E-state index in [1.54, 1.807) is 0 Å². The Hall–Kier alpha value is -1.32. The summed E-state index contributed by atoms with van der Waals surface area (Å²) in [5.74, 6) is 0. The van der Waals surface area contributed by atoms with Crippen molar-refractivity contribution in [2.75, 3.05) is 18.0 Å². The van der Waals surface area contributed by atoms with Crippen LogP contribution in [0.4, 0.5) is 5.69 Å². The first-order chi connectivity index (χ1) is 10.3. The zero-order valence-electron chi connectivity index (χ0n) is 12.0. The van der Waals surface area contributed by atoms with Crippen molar-refractivity contribution < 1.29 is 0 Å². The Balaban J connectivity index is 1.75. The number of nitrogens with one attached hydrogen (secondary N) is 1. The first kappa shape index (κ1) is 13.4. The van der Waals surface area contributed by atoms with E-state index in [2.05, 4.69) is 68.6 Å². The number of rotatable bonds is 1. The minimum Gasteiger partial charge on any atom is -0.363 e. The Morgan fingerprint density at radius 1 is 1.10 bits per heavy atom. The molecule has 108 valence electrons. The maximum atomic E-state index is 3.60. The SMILES string of the molecule is Brc1ccc2c(c1)CCC2N1CCNCc2ccccc21. The summed E-state index contributed by atoms with van der Waals surface area (Å²) in [6.07, 6.45) is 2.41. The number of hydrogen-bond acceptors (Lipinski definition) is 2. The molecule has 0 spiro atoms. The summed E-state index contributed by atoms with van der Waals surface area (Å²) in [5.41, 5.74) is 5.84. The van der Waals surface area contributed by atoms with Crippen LogP contribution in [0.5, 0.6) is 0 Å². The molecule has 1 N–H and O–H groups in total. The predicted octanol–water partition coefficient (Wildman–Crippen LogP) is 4.05. The highest BCUT2D eigenvalue weighted by atomic mass is 79.9. The number of para-hydroxylation sites is 1. The van der Waals surface area contributed by atoms with Crippen LogP contribution in [0, 0.1) is 0 Å². The summed E-state index contributed by atoms with van der Waals surface area (Å²) < 4.78 is 1.19. The lowest BCUT2D eigenvalue weighted by Gasteiger charge is -2.32. The number of nitrogens with zero attached hydrogens (tertiary/aromatic N) is 1. The molecule has 4 rings (SSSR count). The lowest BCUT2D eigenvalue weighted by molar-refractivity contribution is 0.600. The van der Waals surface area contributed by atoms with Gasteiger partial charge in [-0.3, -0.25) is 0 Å². The molecular weight excluding hydrogens is 324 g/mol. The van der Waals surface area contributed by atoms with E-state index < -0.39 is 0 Å². The quantitative estimate of drug-likeness (QED) is 0.841. The van der Waals surface area contributed by atoms with Gasteiger partial charge in [-0.15, -0.1) is 0 Å². The van der Waals surface area contributed by atoms with E-state index in [1.807, 2.05) is 0 Å². The first-order valence-electron chi connectivity index (χ1n) is 7.66. The van der Waals surface area contributed by atoms with Gasteiger partial charge < -0.3 is 10.2 Å². The largest absolute Gasteiger partial charge is 0.363 e. The standard InChI is InChI=1S/C18H19BrN2/c19-15-6-7-16-13(11-15)5-8-18(16)21-10-9-20-12-14-3-1-2-4-17(14)21/h1-4,6-7,11,18,20H,5,8-10,12H2. The van der Waals surface area contributed by atoms with Crippen LogP contribution in [0.15, 0.2) is 46.9 Å². The average molecular weight is 343 g/mol. The third-order valence-electron chi connectivity index (χ3n) is 4.67. The molecule has 2 aromatic carbocycles. The predicted molar refractivity (Wildman–Crippen MR) is 90.7 cm³/mol. The highest BCUT2D eigenvalue weighted by molar-refractivity contribution is 9.10. The van der Waals surface area contributed by atoms with Crippen LogP contribution < -0.4 is 10.2 Å². The van der Waals surface area contributed by atoms with E-state index in [-0.39, 0.29) is 0 Å². The van der Waals surface area contributed by atoms with Crippen molar-refractivity contribution in [2.45, 2.75) is 25.4 Å². The number of benzene rings is 2. The van der Waals surface area contributed by atoms with Crippen molar-refractivity contribution in [3.05, 3.63) is 63.6 Å². The maximum Gasteiger partial charge on any atom is 0.0548 e. The second kappa shape index (κ2) is 5.47. The first-order valence-corrected chi connectivity index (χ1v) is 8.46. The monoisotopic (exact) mass is 342 g/mol. The van der Waals surface area contributed by atoms with Gasteiger partial charge in [0.05, 0.1) is 6.04 Å². The van der Waals surface area contributed by atoms with E-state index in [9.17, 15) is 0 Å². The van der Waals surface area contributed by atoms with Gasteiger partial charge in [0.15, 0.2) is 0 Å². The second-order valence-corrected chi connectivity index (χ2v) is 6.81. The van der Waals surface area contributed by atoms with Crippen molar-refractivity contribution in [3.8, 4) is 0 Å². The summed E-state index contributed by atoms with van der Waals surface area (Å²) in [4.78, 5) is 2.61. The smallest absolute Gasteiger partial charge is 0.0548 e. The number of aryl methyl sites for hydroxylation is 1. The van der Waals surface area contributed by atoms with Crippen LogP contribution in [-0.4, -0.2) is 13.1 Å². The number of halogens is 1. The summed E-state index contributed by atoms with van der Waals surface area (Å²) in [6, 6.07) is 16.1. The molecule has 0 fully saturated rings. The van der Waals surface area contributed by atoms with Crippen LogP contribution in [0.2, 0.25) is 0 Å². The van der Waals surface area contributed by atoms with Crippen molar-refractivity contribution in [1.29, 1.82) is 0 Å². The average Bonchev–Trinajstić information content (AvgIpc) is 2.79. The Morgan fingerprint density at radius 2 is 2.00 bits per heavy atom. The fourth-order valence-electron chi connectivity index (χ4n) is 3.69. The Morgan fingerprint density at radius 3 is 2.95 bits per heavy atom. The molecule has 0 amide bonds. The minimum atomic E-state index is 0.522. The van der Waals surface area contributed by atoms with Gasteiger partial charge in [0, 0.05) is 29.8 Å². The van der Waals surface area contributed by atoms with Gasteiger partial charge in [0.25, 0.3) is 0 Å². The molecule has 1 atom stereocenters. The molecular formula is C18H19BrN2. The summed E-state index contributed by atoms with van der Waals surface area (Å²) in [7, 11) is 0. The van der Waals surface area contributed by atoms with E-state index >= 15 is 0 Å². The summed E-state index contributed by atoms with van der Waals surface area (Å²) in [5, 5.41) is 3.54. The fraction of sp³-hybridized carbons (Fsp3) is 0.333. The lowest BCUT2D eigenvalue weighted by Crippen LogP contribution is -2.31. The van der Waals surface area contributed by atoms with Gasteiger partial charge in [0.2, 0.25) is 0 Å². The number of fused-ring (bicyclic) bond motifs is 2. The van der Waals surface area contributed by atoms with E-state index in [0.717, 1.165) is 19.6 Å². The molecule has 1 aliphatic heterocycles. The van der Waals surface area contributed by atoms with Crippen LogP contribution in [0.3, 0.4) is 0 Å². The van der Waals surface area contributed by atoms with Crippen LogP contribution in [-0.2, 0) is 13.0 Å². The summed E-state index contributed by atoms with van der Waals surface area (Å²) in [6.45, 7) is 3.11. The molecule has 2 nitrogen and oxygen atoms in total. The zero-order valence-corrected chi connectivity index (χ0v) is 13.6. The highest BCUT2D eigenvalue weighted by Crippen LogP contribution is 2.40. The van der Waals surface area contributed by atoms with E-state index in [4.69, 9.17) is 0 Å². The molecule has 0 radical (unpaired) electrons. The molecule has 1 aliphatic carbocycles. The molecule has 0 bridgehead atoms. The molecule has 21 heavy (non-hydrogen) atoms. The number of hydrogen-bond donors (Lipinski definition) is 1. The molecule has 2 aromatic rings. The van der Waals surface area contributed by atoms with Crippen molar-refractivity contribution in [3.63, 3.8) is 0 Å². The topological polar surface area (TPSA) is 15.3 Å². The Bertz CT molecular complexity index is 668. The zero-order chi connectivity index (χ0) is 14.2. The molecule has 3 heteroatoms. The van der Waals surface area contributed by atoms with Crippen LogP contribution in [0.1, 0.15) is 29.2 Å². The molecule has 1 unspecified atom stereocenters. The third-order valence-corrected chi connectivity index (χ3v) is 5.17. The fourth-order valence-corrected chi connectivity index (χ4v) is 4.10. The van der Waals surface area contributed by atoms with Crippen molar-refractivity contribution in [2.24, 2.45) is 0 Å². The molecule has 2 aliphatic rings. The Kier molecular flexibility index (Phi) is 3.48. The number of anilines is 1. The third kappa shape index (κ3) is 2.39. The lowest BCUT2D eigenvalue weighted by atomic mass is 10.0. The van der Waals surface area contributed by atoms with Gasteiger partial charge in [-0.25, -0.2) is 0 Å². The van der Waals surface area contributed by atoms with Gasteiger partial charge in [-0.05, 0) is 47.7 Å². The highest BCUT2D eigenvalue weighted by Gasteiger charge is 2.29. The molecule has 1 heterocycles. The van der Waals surface area contributed by atoms with Gasteiger partial charge in [-0.2, -0.15) is 0 Å². The van der Waals surface area contributed by atoms with E-state index in [1.165, 1.54) is 39.7 Å².